The molecule has 0 amide bonds. The van der Waals surface area contributed by atoms with Gasteiger partial charge in [0.2, 0.25) is 0 Å². The van der Waals surface area contributed by atoms with Crippen molar-refractivity contribution in [1.82, 2.24) is 0 Å². The van der Waals surface area contributed by atoms with Gasteiger partial charge in [-0.1, -0.05) is 15.9 Å². The molecule has 3 nitrogen and oxygen atoms in total. The summed E-state index contributed by atoms with van der Waals surface area (Å²) in [7, 11) is 1.62. The molecule has 1 rings (SSSR count). The highest BCUT2D eigenvalue weighted by Gasteiger charge is 2.07. The number of carbonyl (C=O) groups excluding carboxylic acids is 1. The molecule has 0 spiro atoms. The fraction of sp³-hybridized carbons (Fsp3) is 0.364. The van der Waals surface area contributed by atoms with E-state index in [1.807, 2.05) is 0 Å². The van der Waals surface area contributed by atoms with Crippen molar-refractivity contribution in [2.45, 2.75) is 0 Å². The van der Waals surface area contributed by atoms with Crippen molar-refractivity contribution in [1.29, 1.82) is 0 Å². The first-order chi connectivity index (χ1) is 7.69. The third kappa shape index (κ3) is 3.88. The molecular formula is C11H12Br2O3. The molecule has 16 heavy (non-hydrogen) atoms. The summed E-state index contributed by atoms with van der Waals surface area (Å²) in [5.74, 6) is 0.757. The molecule has 0 aliphatic carbocycles. The number of Topliss-reactive ketones (excluding diaryl/α,β-unsaturated/α-hetero) is 1. The van der Waals surface area contributed by atoms with Gasteiger partial charge in [-0.3, -0.25) is 4.79 Å². The topological polar surface area (TPSA) is 35.5 Å². The van der Waals surface area contributed by atoms with Crippen LogP contribution in [0.2, 0.25) is 0 Å². The van der Waals surface area contributed by atoms with E-state index in [-0.39, 0.29) is 5.78 Å². The molecule has 0 radical (unpaired) electrons. The van der Waals surface area contributed by atoms with Crippen LogP contribution in [-0.4, -0.2) is 31.4 Å². The standard InChI is InChI=1S/C11H12Br2O3/c1-15-4-5-16-11-3-2-8(6-9(11)13)10(14)7-12/h2-3,6H,4-5,7H2,1H3. The Labute approximate surface area is 111 Å². The van der Waals surface area contributed by atoms with Crippen molar-refractivity contribution in [2.75, 3.05) is 25.7 Å². The minimum absolute atomic E-state index is 0.0455. The van der Waals surface area contributed by atoms with Gasteiger partial charge in [0, 0.05) is 12.7 Å². The summed E-state index contributed by atoms with van der Waals surface area (Å²) in [5.41, 5.74) is 0.655. The summed E-state index contributed by atoms with van der Waals surface area (Å²) in [6, 6.07) is 5.28. The van der Waals surface area contributed by atoms with Crippen LogP contribution in [0.3, 0.4) is 0 Å². The molecule has 0 unspecified atom stereocenters. The van der Waals surface area contributed by atoms with Crippen LogP contribution in [0.4, 0.5) is 0 Å². The number of rotatable bonds is 6. The molecule has 88 valence electrons. The second-order valence-corrected chi connectivity index (χ2v) is 4.46. The summed E-state index contributed by atoms with van der Waals surface area (Å²) in [5, 5.41) is 0.323. The number of methoxy groups -OCH3 is 1. The minimum Gasteiger partial charge on any atom is -0.490 e. The summed E-state index contributed by atoms with van der Waals surface area (Å²) in [6.07, 6.45) is 0. The molecule has 0 N–H and O–H groups in total. The maximum atomic E-state index is 11.4. The van der Waals surface area contributed by atoms with E-state index in [9.17, 15) is 4.79 Å². The van der Waals surface area contributed by atoms with Gasteiger partial charge in [0.25, 0.3) is 0 Å². The zero-order valence-corrected chi connectivity index (χ0v) is 12.0. The van der Waals surface area contributed by atoms with Gasteiger partial charge in [-0.15, -0.1) is 0 Å². The lowest BCUT2D eigenvalue weighted by molar-refractivity contribution is 0.102. The Kier molecular flexibility index (Phi) is 6.01. The van der Waals surface area contributed by atoms with Crippen molar-refractivity contribution in [3.8, 4) is 5.75 Å². The molecule has 1 aromatic carbocycles. The average Bonchev–Trinajstić information content (AvgIpc) is 2.30. The molecule has 0 saturated heterocycles. The van der Waals surface area contributed by atoms with Gasteiger partial charge in [-0.25, -0.2) is 0 Å². The van der Waals surface area contributed by atoms with E-state index in [0.717, 1.165) is 4.47 Å². The lowest BCUT2D eigenvalue weighted by atomic mass is 10.1. The Bertz CT molecular complexity index is 366. The maximum Gasteiger partial charge on any atom is 0.173 e. The molecule has 0 bridgehead atoms. The number of alkyl halides is 1. The molecule has 5 heteroatoms. The number of hydrogen-bond donors (Lipinski definition) is 0. The van der Waals surface area contributed by atoms with Gasteiger partial charge in [-0.05, 0) is 34.1 Å². The van der Waals surface area contributed by atoms with Crippen LogP contribution in [0.5, 0.6) is 5.75 Å². The predicted molar refractivity (Wildman–Crippen MR) is 69.6 cm³/mol. The summed E-state index contributed by atoms with van der Waals surface area (Å²) in [4.78, 5) is 11.4. The fourth-order valence-corrected chi connectivity index (χ4v) is 1.92. The van der Waals surface area contributed by atoms with E-state index in [0.29, 0.717) is 29.9 Å². The first kappa shape index (κ1) is 13.7. The number of ketones is 1. The molecule has 0 fully saturated rings. The summed E-state index contributed by atoms with van der Waals surface area (Å²) < 4.78 is 11.1. The number of benzene rings is 1. The highest BCUT2D eigenvalue weighted by molar-refractivity contribution is 9.10. The lowest BCUT2D eigenvalue weighted by Gasteiger charge is -2.08. The van der Waals surface area contributed by atoms with Gasteiger partial charge < -0.3 is 9.47 Å². The Hall–Kier alpha value is -0.390. The monoisotopic (exact) mass is 350 g/mol. The van der Waals surface area contributed by atoms with Gasteiger partial charge >= 0.3 is 0 Å². The van der Waals surface area contributed by atoms with Gasteiger partial charge in [0.1, 0.15) is 12.4 Å². The van der Waals surface area contributed by atoms with Crippen LogP contribution in [0.1, 0.15) is 10.4 Å². The number of halogens is 2. The van der Waals surface area contributed by atoms with E-state index in [1.165, 1.54) is 0 Å². The van der Waals surface area contributed by atoms with Crippen LogP contribution >= 0.6 is 31.9 Å². The van der Waals surface area contributed by atoms with Crippen molar-refractivity contribution < 1.29 is 14.3 Å². The number of hydrogen-bond acceptors (Lipinski definition) is 3. The van der Waals surface area contributed by atoms with E-state index in [1.54, 1.807) is 25.3 Å². The second-order valence-electron chi connectivity index (χ2n) is 3.04. The molecule has 0 atom stereocenters. The van der Waals surface area contributed by atoms with Crippen molar-refractivity contribution in [3.05, 3.63) is 28.2 Å². The smallest absolute Gasteiger partial charge is 0.173 e. The quantitative estimate of drug-likeness (QED) is 0.449. The molecule has 0 heterocycles. The molecule has 0 aromatic heterocycles. The molecular weight excluding hydrogens is 340 g/mol. The minimum atomic E-state index is 0.0455. The van der Waals surface area contributed by atoms with Crippen LogP contribution < -0.4 is 4.74 Å². The van der Waals surface area contributed by atoms with Crippen molar-refractivity contribution in [2.24, 2.45) is 0 Å². The van der Waals surface area contributed by atoms with Gasteiger partial charge in [0.15, 0.2) is 5.78 Å². The van der Waals surface area contributed by atoms with Crippen LogP contribution in [0, 0.1) is 0 Å². The zero-order chi connectivity index (χ0) is 12.0. The highest BCUT2D eigenvalue weighted by Crippen LogP contribution is 2.26. The third-order valence-electron chi connectivity index (χ3n) is 1.92. The first-order valence-electron chi connectivity index (χ1n) is 4.69. The average molecular weight is 352 g/mol. The SMILES string of the molecule is COCCOc1ccc(C(=O)CBr)cc1Br. The Morgan fingerprint density at radius 2 is 2.12 bits per heavy atom. The van der Waals surface area contributed by atoms with Gasteiger partial charge in [0.05, 0.1) is 16.4 Å². The first-order valence-corrected chi connectivity index (χ1v) is 6.61. The molecule has 0 saturated carbocycles. The molecule has 0 aliphatic rings. The van der Waals surface area contributed by atoms with Crippen molar-refractivity contribution >= 4 is 37.6 Å². The number of carbonyl (C=O) groups is 1. The van der Waals surface area contributed by atoms with Crippen LogP contribution in [-0.2, 0) is 4.74 Å². The second kappa shape index (κ2) is 7.04. The van der Waals surface area contributed by atoms with E-state index in [2.05, 4.69) is 31.9 Å². The Balaban J connectivity index is 2.71. The fourth-order valence-electron chi connectivity index (χ4n) is 1.10. The maximum absolute atomic E-state index is 11.4. The Morgan fingerprint density at radius 1 is 1.38 bits per heavy atom. The molecule has 0 aliphatic heterocycles. The number of ether oxygens (including phenoxy) is 2. The lowest BCUT2D eigenvalue weighted by Crippen LogP contribution is -2.05. The largest absolute Gasteiger partial charge is 0.490 e. The normalized spacial score (nSPS) is 10.2. The van der Waals surface area contributed by atoms with Crippen molar-refractivity contribution in [3.63, 3.8) is 0 Å². The predicted octanol–water partition coefficient (Wildman–Crippen LogP) is 3.05. The zero-order valence-electron chi connectivity index (χ0n) is 8.83. The van der Waals surface area contributed by atoms with Crippen LogP contribution in [0.15, 0.2) is 22.7 Å². The van der Waals surface area contributed by atoms with E-state index in [4.69, 9.17) is 9.47 Å². The van der Waals surface area contributed by atoms with E-state index >= 15 is 0 Å². The molecule has 1 aromatic rings. The summed E-state index contributed by atoms with van der Waals surface area (Å²) >= 11 is 6.50. The van der Waals surface area contributed by atoms with Crippen LogP contribution in [0.25, 0.3) is 0 Å². The summed E-state index contributed by atoms with van der Waals surface area (Å²) in [6.45, 7) is 1.02. The Morgan fingerprint density at radius 3 is 2.69 bits per heavy atom. The highest BCUT2D eigenvalue weighted by atomic mass is 79.9. The van der Waals surface area contributed by atoms with Gasteiger partial charge in [-0.2, -0.15) is 0 Å². The third-order valence-corrected chi connectivity index (χ3v) is 3.05. The van der Waals surface area contributed by atoms with E-state index < -0.39 is 0 Å².